The molecule has 9 aromatic rings. The number of para-hydroxylation sites is 4. The van der Waals surface area contributed by atoms with Crippen LogP contribution in [0.1, 0.15) is 109 Å². The van der Waals surface area contributed by atoms with Crippen LogP contribution in [0.3, 0.4) is 0 Å². The van der Waals surface area contributed by atoms with Gasteiger partial charge in [0.1, 0.15) is 5.58 Å². The number of benzene rings is 8. The number of nitrogens with zero attached hydrogens (tertiary/aromatic N) is 3. The number of aryl methyl sites for hydroxylation is 1. The number of rotatable bonds is 5. The van der Waals surface area contributed by atoms with E-state index in [2.05, 4.69) is 241 Å². The van der Waals surface area contributed by atoms with Gasteiger partial charge in [-0.1, -0.05) is 140 Å². The number of furan rings is 1. The second-order valence-corrected chi connectivity index (χ2v) is 23.5. The minimum atomic E-state index is -0.0342. The van der Waals surface area contributed by atoms with E-state index in [0.717, 1.165) is 63.2 Å². The first kappa shape index (κ1) is 43.1. The third-order valence-electron chi connectivity index (χ3n) is 17.2. The topological polar surface area (TPSA) is 22.9 Å². The molecule has 0 unspecified atom stereocenters. The highest BCUT2D eigenvalue weighted by atomic mass is 16.3. The maximum Gasteiger partial charge on any atom is 0.252 e. The van der Waals surface area contributed by atoms with Gasteiger partial charge in [0.2, 0.25) is 0 Å². The lowest BCUT2D eigenvalue weighted by Gasteiger charge is -2.48. The second-order valence-electron chi connectivity index (χ2n) is 23.5. The van der Waals surface area contributed by atoms with E-state index < -0.39 is 0 Å². The maximum absolute atomic E-state index is 6.99. The van der Waals surface area contributed by atoms with E-state index in [0.29, 0.717) is 0 Å². The lowest BCUT2D eigenvalue weighted by molar-refractivity contribution is 0.332. The van der Waals surface area contributed by atoms with Gasteiger partial charge in [0, 0.05) is 56.3 Å². The third kappa shape index (κ3) is 6.35. The van der Waals surface area contributed by atoms with E-state index in [9.17, 15) is 0 Å². The molecule has 0 N–H and O–H groups in total. The van der Waals surface area contributed by atoms with Gasteiger partial charge in [-0.25, -0.2) is 0 Å². The average Bonchev–Trinajstić information content (AvgIpc) is 3.74. The molecule has 4 nitrogen and oxygen atoms in total. The van der Waals surface area contributed by atoms with Gasteiger partial charge >= 0.3 is 0 Å². The van der Waals surface area contributed by atoms with Crippen LogP contribution in [0.25, 0.3) is 21.9 Å². The highest BCUT2D eigenvalue weighted by molar-refractivity contribution is 7.00. The molecule has 13 rings (SSSR count). The van der Waals surface area contributed by atoms with Crippen molar-refractivity contribution in [1.29, 1.82) is 0 Å². The number of fused-ring (bicyclic) bond motifs is 9. The first-order valence-corrected chi connectivity index (χ1v) is 25.6. The molecular weight excluding hydrogens is 850 g/mol. The fourth-order valence-corrected chi connectivity index (χ4v) is 13.1. The summed E-state index contributed by atoms with van der Waals surface area (Å²) in [6.07, 6.45) is 4.66. The predicted molar refractivity (Wildman–Crippen MR) is 298 cm³/mol. The summed E-state index contributed by atoms with van der Waals surface area (Å²) in [5.41, 5.74) is 23.6. The molecule has 346 valence electrons. The van der Waals surface area contributed by atoms with Gasteiger partial charge in [0.05, 0.1) is 5.69 Å². The van der Waals surface area contributed by atoms with Gasteiger partial charge in [-0.3, -0.25) is 0 Å². The first-order chi connectivity index (χ1) is 33.6. The Balaban J connectivity index is 1.14. The van der Waals surface area contributed by atoms with Crippen molar-refractivity contribution in [3.8, 4) is 0 Å². The van der Waals surface area contributed by atoms with E-state index in [1.54, 1.807) is 0 Å². The summed E-state index contributed by atoms with van der Waals surface area (Å²) in [7, 11) is 0. The summed E-state index contributed by atoms with van der Waals surface area (Å²) in [5.74, 6) is 0. The quantitative estimate of drug-likeness (QED) is 0.161. The monoisotopic (exact) mass is 911 g/mol. The Labute approximate surface area is 414 Å². The van der Waals surface area contributed by atoms with Crippen molar-refractivity contribution >= 4 is 96.2 Å². The van der Waals surface area contributed by atoms with Crippen molar-refractivity contribution in [1.82, 2.24) is 0 Å². The van der Waals surface area contributed by atoms with E-state index in [-0.39, 0.29) is 28.4 Å². The fourth-order valence-electron chi connectivity index (χ4n) is 13.1. The summed E-state index contributed by atoms with van der Waals surface area (Å²) in [4.78, 5) is 7.61. The molecule has 0 radical (unpaired) electrons. The molecule has 5 heteroatoms. The van der Waals surface area contributed by atoms with Crippen molar-refractivity contribution in [2.24, 2.45) is 0 Å². The molecule has 0 atom stereocenters. The Kier molecular flexibility index (Phi) is 9.24. The van der Waals surface area contributed by atoms with Crippen LogP contribution in [0, 0.1) is 6.92 Å². The Hall–Kier alpha value is -6.98. The van der Waals surface area contributed by atoms with Crippen molar-refractivity contribution in [2.45, 2.75) is 110 Å². The molecule has 0 saturated carbocycles. The van der Waals surface area contributed by atoms with Crippen LogP contribution in [0.5, 0.6) is 0 Å². The van der Waals surface area contributed by atoms with Crippen LogP contribution < -0.4 is 31.1 Å². The largest absolute Gasteiger partial charge is 0.454 e. The van der Waals surface area contributed by atoms with Crippen molar-refractivity contribution in [2.75, 3.05) is 14.7 Å². The van der Waals surface area contributed by atoms with E-state index in [4.69, 9.17) is 4.42 Å². The van der Waals surface area contributed by atoms with Crippen LogP contribution in [0.15, 0.2) is 168 Å². The average molecular weight is 912 g/mol. The van der Waals surface area contributed by atoms with Gasteiger partial charge < -0.3 is 19.1 Å². The van der Waals surface area contributed by atoms with Crippen molar-refractivity contribution in [3.63, 3.8) is 0 Å². The summed E-state index contributed by atoms with van der Waals surface area (Å²) in [5, 5.41) is 2.25. The molecule has 70 heavy (non-hydrogen) atoms. The normalized spacial score (nSPS) is 17.6. The molecule has 2 aliphatic carbocycles. The van der Waals surface area contributed by atoms with Gasteiger partial charge in [-0.2, -0.15) is 0 Å². The Morgan fingerprint density at radius 1 is 0.429 bits per heavy atom. The van der Waals surface area contributed by atoms with Crippen LogP contribution >= 0.6 is 0 Å². The van der Waals surface area contributed by atoms with Crippen molar-refractivity contribution in [3.05, 3.63) is 192 Å². The first-order valence-electron chi connectivity index (χ1n) is 25.6. The van der Waals surface area contributed by atoms with Crippen LogP contribution in [0.2, 0.25) is 0 Å². The summed E-state index contributed by atoms with van der Waals surface area (Å²) < 4.78 is 6.99. The summed E-state index contributed by atoms with van der Waals surface area (Å²) in [6.45, 7) is 21.9. The number of hydrogen-bond acceptors (Lipinski definition) is 4. The zero-order chi connectivity index (χ0) is 48.1. The van der Waals surface area contributed by atoms with Crippen LogP contribution in [-0.4, -0.2) is 6.71 Å². The van der Waals surface area contributed by atoms with Gasteiger partial charge in [0.25, 0.3) is 6.71 Å². The lowest BCUT2D eigenvalue weighted by atomic mass is 9.33. The molecule has 2 aliphatic heterocycles. The standard InChI is InChI=1S/C65H62BN3O/c1-41-35-57-60-58(36-41)69(54-25-18-24-47-46-23-16-17-26-59(46)70-61(47)54)55-38-45(67(42-19-12-10-13-20-42)43-21-14-11-15-22-43)28-30-52(55)66(60)53-39-50-51(65(8,9)34-33-64(50,6)7)40-56(53)68(57)44-27-29-48-49(37-44)63(4,5)32-31-62(48,2)3/h10-30,35-40H,31-34H2,1-9H3. The summed E-state index contributed by atoms with van der Waals surface area (Å²) in [6, 6.07) is 61.7. The molecule has 0 spiro atoms. The Morgan fingerprint density at radius 3 is 1.66 bits per heavy atom. The van der Waals surface area contributed by atoms with E-state index in [1.807, 2.05) is 0 Å². The van der Waals surface area contributed by atoms with Gasteiger partial charge in [-0.15, -0.1) is 0 Å². The van der Waals surface area contributed by atoms with Gasteiger partial charge in [0.15, 0.2) is 5.58 Å². The molecule has 3 heterocycles. The summed E-state index contributed by atoms with van der Waals surface area (Å²) >= 11 is 0. The zero-order valence-corrected chi connectivity index (χ0v) is 42.2. The maximum atomic E-state index is 6.99. The lowest BCUT2D eigenvalue weighted by Crippen LogP contribution is -2.62. The van der Waals surface area contributed by atoms with Crippen LogP contribution in [0.4, 0.5) is 51.2 Å². The molecule has 0 amide bonds. The highest BCUT2D eigenvalue weighted by Gasteiger charge is 2.47. The molecule has 4 aliphatic rings. The number of anilines is 9. The minimum absolute atomic E-state index is 0.0265. The predicted octanol–water partition coefficient (Wildman–Crippen LogP) is 16.1. The van der Waals surface area contributed by atoms with E-state index >= 15 is 0 Å². The van der Waals surface area contributed by atoms with Crippen LogP contribution in [-0.2, 0) is 21.7 Å². The third-order valence-corrected chi connectivity index (χ3v) is 17.2. The number of hydrogen-bond donors (Lipinski definition) is 0. The molecule has 0 saturated heterocycles. The highest BCUT2D eigenvalue weighted by Crippen LogP contribution is 2.54. The molecule has 8 aromatic carbocycles. The minimum Gasteiger partial charge on any atom is -0.454 e. The van der Waals surface area contributed by atoms with Crippen molar-refractivity contribution < 1.29 is 4.42 Å². The molecule has 0 fully saturated rings. The smallest absolute Gasteiger partial charge is 0.252 e. The fraction of sp³-hybridized carbons (Fsp3) is 0.262. The Bertz CT molecular complexity index is 3560. The SMILES string of the molecule is Cc1cc2c3c(c1)N(c1cccc4c1oc1ccccc14)c1cc(N(c4ccccc4)c4ccccc4)ccc1B3c1cc3c(cc1N2c1ccc2c(c1)C(C)(C)CCC2(C)C)C(C)(C)CCC3(C)C. The second kappa shape index (κ2) is 15.0. The zero-order valence-electron chi connectivity index (χ0n) is 42.2. The molecule has 1 aromatic heterocycles. The van der Waals surface area contributed by atoms with E-state index in [1.165, 1.54) is 79.8 Å². The molecular formula is C65H62BN3O. The molecule has 0 bridgehead atoms. The Morgan fingerprint density at radius 2 is 0.986 bits per heavy atom. The van der Waals surface area contributed by atoms with Gasteiger partial charge in [-0.05, 0) is 177 Å².